The summed E-state index contributed by atoms with van der Waals surface area (Å²) >= 11 is 0. The normalized spacial score (nSPS) is 41.2. The summed E-state index contributed by atoms with van der Waals surface area (Å²) in [5, 5.41) is 12.6. The summed E-state index contributed by atoms with van der Waals surface area (Å²) in [4.78, 5) is 0. The summed E-state index contributed by atoms with van der Waals surface area (Å²) in [5.74, 6) is 0.0289. The van der Waals surface area contributed by atoms with Gasteiger partial charge in [0.2, 0.25) is 0 Å². The zero-order chi connectivity index (χ0) is 8.77. The van der Waals surface area contributed by atoms with E-state index in [-0.39, 0.29) is 17.6 Å². The van der Waals surface area contributed by atoms with Crippen molar-refractivity contribution < 1.29 is 9.50 Å². The van der Waals surface area contributed by atoms with Crippen LogP contribution in [0.4, 0.5) is 4.39 Å². The Kier molecular flexibility index (Phi) is 1.88. The number of alkyl halides is 1. The number of halogens is 1. The zero-order valence-corrected chi connectivity index (χ0v) is 7.39. The molecule has 2 rings (SSSR count). The van der Waals surface area contributed by atoms with E-state index in [1.54, 1.807) is 6.92 Å². The molecule has 0 amide bonds. The third kappa shape index (κ3) is 1.25. The van der Waals surface area contributed by atoms with E-state index in [0.29, 0.717) is 13.0 Å². The van der Waals surface area contributed by atoms with Gasteiger partial charge in [0.1, 0.15) is 6.17 Å². The number of hydrogen-bond acceptors (Lipinski definition) is 2. The van der Waals surface area contributed by atoms with Gasteiger partial charge in [-0.3, -0.25) is 0 Å². The quantitative estimate of drug-likeness (QED) is 0.616. The molecular weight excluding hydrogens is 157 g/mol. The molecule has 2 nitrogen and oxygen atoms in total. The summed E-state index contributed by atoms with van der Waals surface area (Å²) in [6, 6.07) is 0. The zero-order valence-electron chi connectivity index (χ0n) is 7.39. The second kappa shape index (κ2) is 2.67. The summed E-state index contributed by atoms with van der Waals surface area (Å²) in [6.45, 7) is 2.24. The minimum absolute atomic E-state index is 0.0289. The second-order valence-corrected chi connectivity index (χ2v) is 4.21. The topological polar surface area (TPSA) is 32.3 Å². The molecule has 0 aromatic heterocycles. The molecule has 1 saturated heterocycles. The first kappa shape index (κ1) is 8.45. The predicted octanol–water partition coefficient (Wildman–Crippen LogP) is 0.847. The van der Waals surface area contributed by atoms with Gasteiger partial charge >= 0.3 is 0 Å². The second-order valence-electron chi connectivity index (χ2n) is 4.21. The van der Waals surface area contributed by atoms with Gasteiger partial charge in [-0.2, -0.15) is 0 Å². The van der Waals surface area contributed by atoms with E-state index >= 15 is 0 Å². The van der Waals surface area contributed by atoms with Crippen molar-refractivity contribution in [1.29, 1.82) is 0 Å². The molecule has 2 fully saturated rings. The fourth-order valence-corrected chi connectivity index (χ4v) is 2.36. The summed E-state index contributed by atoms with van der Waals surface area (Å²) in [7, 11) is 0. The highest BCUT2D eigenvalue weighted by Crippen LogP contribution is 2.48. The standard InChI is InChI=1S/C9H16FNO/c1-6(10)8-4-7(12)5-11-9(8)2-3-9/h6-8,11-12H,2-5H2,1H3. The van der Waals surface area contributed by atoms with Crippen LogP contribution in [0.25, 0.3) is 0 Å². The number of aliphatic hydroxyl groups excluding tert-OH is 1. The number of nitrogens with one attached hydrogen (secondary N) is 1. The van der Waals surface area contributed by atoms with Crippen molar-refractivity contribution >= 4 is 0 Å². The van der Waals surface area contributed by atoms with Crippen LogP contribution in [0.2, 0.25) is 0 Å². The molecule has 0 bridgehead atoms. The monoisotopic (exact) mass is 173 g/mol. The van der Waals surface area contributed by atoms with E-state index in [1.165, 1.54) is 0 Å². The number of piperidine rings is 1. The van der Waals surface area contributed by atoms with E-state index in [4.69, 9.17) is 0 Å². The van der Waals surface area contributed by atoms with Crippen molar-refractivity contribution in [2.75, 3.05) is 6.54 Å². The smallest absolute Gasteiger partial charge is 0.102 e. The first-order chi connectivity index (χ1) is 5.64. The molecule has 1 saturated carbocycles. The summed E-state index contributed by atoms with van der Waals surface area (Å²) in [6.07, 6.45) is 1.65. The van der Waals surface area contributed by atoms with Gasteiger partial charge in [-0.15, -0.1) is 0 Å². The third-order valence-electron chi connectivity index (χ3n) is 3.27. The molecular formula is C9H16FNO. The highest BCUT2D eigenvalue weighted by atomic mass is 19.1. The fourth-order valence-electron chi connectivity index (χ4n) is 2.36. The lowest BCUT2D eigenvalue weighted by Crippen LogP contribution is -2.52. The number of rotatable bonds is 1. The number of aliphatic hydroxyl groups is 1. The molecule has 3 heteroatoms. The molecule has 3 atom stereocenters. The van der Waals surface area contributed by atoms with E-state index < -0.39 is 6.17 Å². The first-order valence-electron chi connectivity index (χ1n) is 4.71. The Morgan fingerprint density at radius 1 is 1.58 bits per heavy atom. The van der Waals surface area contributed by atoms with Crippen LogP contribution in [0, 0.1) is 5.92 Å². The molecule has 3 unspecified atom stereocenters. The lowest BCUT2D eigenvalue weighted by Gasteiger charge is -2.36. The Morgan fingerprint density at radius 2 is 2.25 bits per heavy atom. The van der Waals surface area contributed by atoms with E-state index in [1.807, 2.05) is 0 Å². The average molecular weight is 173 g/mol. The third-order valence-corrected chi connectivity index (χ3v) is 3.27. The maximum atomic E-state index is 13.1. The molecule has 2 aliphatic rings. The molecule has 2 N–H and O–H groups in total. The SMILES string of the molecule is CC(F)C1CC(O)CNC12CC2. The van der Waals surface area contributed by atoms with Crippen molar-refractivity contribution in [2.24, 2.45) is 5.92 Å². The van der Waals surface area contributed by atoms with Crippen LogP contribution < -0.4 is 5.32 Å². The number of hydrogen-bond donors (Lipinski definition) is 2. The molecule has 1 aliphatic heterocycles. The van der Waals surface area contributed by atoms with Gasteiger partial charge in [-0.1, -0.05) is 0 Å². The van der Waals surface area contributed by atoms with Crippen LogP contribution in [-0.2, 0) is 0 Å². The molecule has 1 spiro atoms. The van der Waals surface area contributed by atoms with E-state index in [0.717, 1.165) is 12.8 Å². The van der Waals surface area contributed by atoms with Crippen LogP contribution in [0.5, 0.6) is 0 Å². The van der Waals surface area contributed by atoms with Crippen molar-refractivity contribution in [3.8, 4) is 0 Å². The molecule has 0 aromatic rings. The van der Waals surface area contributed by atoms with Crippen LogP contribution in [0.15, 0.2) is 0 Å². The van der Waals surface area contributed by atoms with Crippen LogP contribution in [0.3, 0.4) is 0 Å². The average Bonchev–Trinajstić information content (AvgIpc) is 2.76. The van der Waals surface area contributed by atoms with Gasteiger partial charge in [0.15, 0.2) is 0 Å². The minimum atomic E-state index is -0.796. The van der Waals surface area contributed by atoms with Crippen molar-refractivity contribution in [3.05, 3.63) is 0 Å². The first-order valence-corrected chi connectivity index (χ1v) is 4.71. The fraction of sp³-hybridized carbons (Fsp3) is 1.00. The maximum absolute atomic E-state index is 13.1. The molecule has 70 valence electrons. The number of β-amino-alcohol motifs (C(OH)–C–C–N with tert-alkyl or cyclic N) is 1. The Hall–Kier alpha value is -0.150. The van der Waals surface area contributed by atoms with Crippen LogP contribution >= 0.6 is 0 Å². The molecule has 1 aliphatic carbocycles. The van der Waals surface area contributed by atoms with Gasteiger partial charge in [0, 0.05) is 18.0 Å². The maximum Gasteiger partial charge on any atom is 0.102 e. The van der Waals surface area contributed by atoms with E-state index in [9.17, 15) is 9.50 Å². The van der Waals surface area contributed by atoms with E-state index in [2.05, 4.69) is 5.32 Å². The van der Waals surface area contributed by atoms with Crippen molar-refractivity contribution in [1.82, 2.24) is 5.32 Å². The Morgan fingerprint density at radius 3 is 2.75 bits per heavy atom. The van der Waals surface area contributed by atoms with Gasteiger partial charge in [0.25, 0.3) is 0 Å². The highest BCUT2D eigenvalue weighted by Gasteiger charge is 2.53. The summed E-state index contributed by atoms with van der Waals surface area (Å²) in [5.41, 5.74) is 0.0629. The Bertz CT molecular complexity index is 179. The highest BCUT2D eigenvalue weighted by molar-refractivity contribution is 5.11. The van der Waals surface area contributed by atoms with Gasteiger partial charge in [-0.05, 0) is 26.2 Å². The summed E-state index contributed by atoms with van der Waals surface area (Å²) < 4.78 is 13.1. The minimum Gasteiger partial charge on any atom is -0.392 e. The Labute approximate surface area is 72.2 Å². The lowest BCUT2D eigenvalue weighted by molar-refractivity contribution is 0.0482. The molecule has 12 heavy (non-hydrogen) atoms. The van der Waals surface area contributed by atoms with Crippen LogP contribution in [0.1, 0.15) is 26.2 Å². The largest absolute Gasteiger partial charge is 0.392 e. The lowest BCUT2D eigenvalue weighted by atomic mass is 9.84. The molecule has 1 heterocycles. The molecule has 0 radical (unpaired) electrons. The van der Waals surface area contributed by atoms with Gasteiger partial charge in [0.05, 0.1) is 6.10 Å². The molecule has 0 aromatic carbocycles. The van der Waals surface area contributed by atoms with Crippen LogP contribution in [-0.4, -0.2) is 29.5 Å². The van der Waals surface area contributed by atoms with Gasteiger partial charge < -0.3 is 10.4 Å². The predicted molar refractivity (Wildman–Crippen MR) is 44.7 cm³/mol. The van der Waals surface area contributed by atoms with Crippen molar-refractivity contribution in [2.45, 2.75) is 44.0 Å². The van der Waals surface area contributed by atoms with Crippen molar-refractivity contribution in [3.63, 3.8) is 0 Å². The Balaban J connectivity index is 2.06. The van der Waals surface area contributed by atoms with Gasteiger partial charge in [-0.25, -0.2) is 4.39 Å².